The van der Waals surface area contributed by atoms with Crippen molar-refractivity contribution >= 4 is 17.6 Å². The molecule has 0 spiro atoms. The fourth-order valence-electron chi connectivity index (χ4n) is 2.43. The van der Waals surface area contributed by atoms with Gasteiger partial charge in [0.25, 0.3) is 0 Å². The van der Waals surface area contributed by atoms with Gasteiger partial charge in [-0.1, -0.05) is 27.7 Å². The van der Waals surface area contributed by atoms with E-state index in [0.29, 0.717) is 5.69 Å². The van der Waals surface area contributed by atoms with Crippen molar-refractivity contribution < 1.29 is 23.8 Å². The van der Waals surface area contributed by atoms with Crippen LogP contribution in [0, 0.1) is 0 Å². The first-order chi connectivity index (χ1) is 11.7. The van der Waals surface area contributed by atoms with E-state index in [1.54, 1.807) is 7.11 Å². The molecule has 1 aromatic rings. The Labute approximate surface area is 149 Å². The number of benzene rings is 1. The van der Waals surface area contributed by atoms with Crippen LogP contribution in [0.25, 0.3) is 0 Å². The molecule has 0 unspecified atom stereocenters. The van der Waals surface area contributed by atoms with Crippen LogP contribution in [0.15, 0.2) is 23.9 Å². The van der Waals surface area contributed by atoms with Gasteiger partial charge in [-0.3, -0.25) is 0 Å². The summed E-state index contributed by atoms with van der Waals surface area (Å²) < 4.78 is 14.9. The zero-order valence-electron chi connectivity index (χ0n) is 15.9. The van der Waals surface area contributed by atoms with E-state index in [2.05, 4.69) is 37.7 Å². The minimum atomic E-state index is -0.654. The number of methoxy groups -OCH3 is 3. The number of hydrogen-bond acceptors (Lipinski definition) is 6. The molecule has 1 aromatic carbocycles. The standard InChI is InChI=1S/C19H27NO5/c1-11(2)14-8-13(9-15(12(3)4)18(14)24-6)20-16(19(22)25-7)10-17(21)23-5/h8-12,20H,1-7H3/b16-10+. The molecule has 1 N–H and O–H groups in total. The third-order valence-electron chi connectivity index (χ3n) is 3.74. The van der Waals surface area contributed by atoms with E-state index in [0.717, 1.165) is 23.0 Å². The molecule has 6 nitrogen and oxygen atoms in total. The first kappa shape index (κ1) is 20.5. The zero-order valence-corrected chi connectivity index (χ0v) is 15.9. The topological polar surface area (TPSA) is 73.9 Å². The Kier molecular flexibility index (Phi) is 7.48. The second-order valence-electron chi connectivity index (χ2n) is 6.20. The van der Waals surface area contributed by atoms with Crippen LogP contribution < -0.4 is 10.1 Å². The molecule has 0 amide bonds. The van der Waals surface area contributed by atoms with Crippen LogP contribution in [-0.2, 0) is 19.1 Å². The largest absolute Gasteiger partial charge is 0.496 e. The summed E-state index contributed by atoms with van der Waals surface area (Å²) in [6.07, 6.45) is 1.07. The summed E-state index contributed by atoms with van der Waals surface area (Å²) in [6, 6.07) is 3.81. The van der Waals surface area contributed by atoms with Gasteiger partial charge in [0.15, 0.2) is 0 Å². The molecular formula is C19H27NO5. The van der Waals surface area contributed by atoms with E-state index in [1.807, 2.05) is 12.1 Å². The SMILES string of the molecule is COC(=O)/C=C(/Nc1cc(C(C)C)c(OC)c(C(C)C)c1)C(=O)OC. The Balaban J connectivity index is 3.42. The highest BCUT2D eigenvalue weighted by Crippen LogP contribution is 2.37. The van der Waals surface area contributed by atoms with Gasteiger partial charge in [-0.05, 0) is 35.1 Å². The van der Waals surface area contributed by atoms with Crippen molar-refractivity contribution in [3.63, 3.8) is 0 Å². The molecule has 0 aromatic heterocycles. The molecule has 0 bridgehead atoms. The number of anilines is 1. The first-order valence-electron chi connectivity index (χ1n) is 8.11. The van der Waals surface area contributed by atoms with Crippen molar-refractivity contribution in [1.82, 2.24) is 0 Å². The molecule has 1 rings (SSSR count). The molecule has 25 heavy (non-hydrogen) atoms. The van der Waals surface area contributed by atoms with Crippen molar-refractivity contribution in [2.24, 2.45) is 0 Å². The minimum absolute atomic E-state index is 0.00364. The van der Waals surface area contributed by atoms with Crippen molar-refractivity contribution in [3.8, 4) is 5.75 Å². The molecule has 0 heterocycles. The predicted octanol–water partition coefficient (Wildman–Crippen LogP) is 3.58. The molecule has 138 valence electrons. The van der Waals surface area contributed by atoms with Crippen LogP contribution >= 0.6 is 0 Å². The van der Waals surface area contributed by atoms with Gasteiger partial charge in [0, 0.05) is 5.69 Å². The highest BCUT2D eigenvalue weighted by Gasteiger charge is 2.19. The van der Waals surface area contributed by atoms with E-state index in [9.17, 15) is 9.59 Å². The summed E-state index contributed by atoms with van der Waals surface area (Å²) >= 11 is 0. The zero-order chi connectivity index (χ0) is 19.1. The lowest BCUT2D eigenvalue weighted by Gasteiger charge is -2.21. The normalized spacial score (nSPS) is 11.5. The number of carbonyl (C=O) groups is 2. The maximum absolute atomic E-state index is 11.9. The van der Waals surface area contributed by atoms with Crippen LogP contribution in [0.1, 0.15) is 50.7 Å². The quantitative estimate of drug-likeness (QED) is 0.599. The third-order valence-corrected chi connectivity index (χ3v) is 3.74. The maximum Gasteiger partial charge on any atom is 0.354 e. The summed E-state index contributed by atoms with van der Waals surface area (Å²) in [5, 5.41) is 2.97. The van der Waals surface area contributed by atoms with Gasteiger partial charge < -0.3 is 19.5 Å². The van der Waals surface area contributed by atoms with Gasteiger partial charge in [0.2, 0.25) is 0 Å². The van der Waals surface area contributed by atoms with Gasteiger partial charge in [-0.2, -0.15) is 0 Å². The first-order valence-corrected chi connectivity index (χ1v) is 8.11. The molecule has 0 aliphatic carbocycles. The van der Waals surface area contributed by atoms with Crippen molar-refractivity contribution in [3.05, 3.63) is 35.0 Å². The van der Waals surface area contributed by atoms with Gasteiger partial charge in [0.05, 0.1) is 27.4 Å². The van der Waals surface area contributed by atoms with Crippen molar-refractivity contribution in [2.75, 3.05) is 26.6 Å². The summed E-state index contributed by atoms with van der Waals surface area (Å²) in [5.41, 5.74) is 2.70. The second kappa shape index (κ2) is 9.11. The summed E-state index contributed by atoms with van der Waals surface area (Å²) in [4.78, 5) is 23.5. The van der Waals surface area contributed by atoms with Crippen LogP contribution in [0.5, 0.6) is 5.75 Å². The van der Waals surface area contributed by atoms with Crippen LogP contribution in [0.3, 0.4) is 0 Å². The summed E-state index contributed by atoms with van der Waals surface area (Å²) in [7, 11) is 4.15. The highest BCUT2D eigenvalue weighted by atomic mass is 16.5. The molecule has 0 fully saturated rings. The molecule has 0 saturated carbocycles. The molecule has 6 heteroatoms. The lowest BCUT2D eigenvalue weighted by atomic mass is 9.93. The number of nitrogens with one attached hydrogen (secondary N) is 1. The molecule has 0 aliphatic heterocycles. The Morgan fingerprint density at radius 2 is 1.48 bits per heavy atom. The Morgan fingerprint density at radius 1 is 0.960 bits per heavy atom. The van der Waals surface area contributed by atoms with E-state index in [1.165, 1.54) is 14.2 Å². The number of esters is 2. The third kappa shape index (κ3) is 5.24. The molecular weight excluding hydrogens is 322 g/mol. The lowest BCUT2D eigenvalue weighted by Crippen LogP contribution is -2.16. The number of hydrogen-bond donors (Lipinski definition) is 1. The van der Waals surface area contributed by atoms with Crippen LogP contribution in [0.2, 0.25) is 0 Å². The summed E-state index contributed by atoms with van der Waals surface area (Å²) in [5.74, 6) is -0.0131. The Morgan fingerprint density at radius 3 is 1.84 bits per heavy atom. The average molecular weight is 349 g/mol. The summed E-state index contributed by atoms with van der Waals surface area (Å²) in [6.45, 7) is 8.27. The fraction of sp³-hybridized carbons (Fsp3) is 0.474. The molecule has 0 atom stereocenters. The van der Waals surface area contributed by atoms with Crippen LogP contribution in [-0.4, -0.2) is 33.3 Å². The highest BCUT2D eigenvalue weighted by molar-refractivity contribution is 5.98. The van der Waals surface area contributed by atoms with Gasteiger partial charge >= 0.3 is 11.9 Å². The van der Waals surface area contributed by atoms with E-state index >= 15 is 0 Å². The Bertz CT molecular complexity index is 633. The lowest BCUT2D eigenvalue weighted by molar-refractivity contribution is -0.138. The Hall–Kier alpha value is -2.50. The average Bonchev–Trinajstić information content (AvgIpc) is 2.59. The maximum atomic E-state index is 11.9. The van der Waals surface area contributed by atoms with E-state index in [4.69, 9.17) is 9.47 Å². The number of carbonyl (C=O) groups excluding carboxylic acids is 2. The smallest absolute Gasteiger partial charge is 0.354 e. The molecule has 0 saturated heterocycles. The van der Waals surface area contributed by atoms with E-state index < -0.39 is 11.9 Å². The number of ether oxygens (including phenoxy) is 3. The van der Waals surface area contributed by atoms with Crippen molar-refractivity contribution in [2.45, 2.75) is 39.5 Å². The van der Waals surface area contributed by atoms with Crippen LogP contribution in [0.4, 0.5) is 5.69 Å². The van der Waals surface area contributed by atoms with Gasteiger partial charge in [0.1, 0.15) is 11.4 Å². The van der Waals surface area contributed by atoms with Gasteiger partial charge in [-0.15, -0.1) is 0 Å². The fourth-order valence-corrected chi connectivity index (χ4v) is 2.43. The van der Waals surface area contributed by atoms with Crippen molar-refractivity contribution in [1.29, 1.82) is 0 Å². The van der Waals surface area contributed by atoms with Gasteiger partial charge in [-0.25, -0.2) is 9.59 Å². The molecule has 0 radical (unpaired) electrons. The molecule has 0 aliphatic rings. The minimum Gasteiger partial charge on any atom is -0.496 e. The monoisotopic (exact) mass is 349 g/mol. The van der Waals surface area contributed by atoms with E-state index in [-0.39, 0.29) is 17.5 Å². The number of rotatable bonds is 7. The second-order valence-corrected chi connectivity index (χ2v) is 6.20. The predicted molar refractivity (Wildman–Crippen MR) is 96.9 cm³/mol.